The molecule has 0 saturated heterocycles. The van der Waals surface area contributed by atoms with Gasteiger partial charge in [-0.1, -0.05) is 6.07 Å². The molecule has 7 heteroatoms. The van der Waals surface area contributed by atoms with Crippen LogP contribution in [-0.2, 0) is 4.79 Å². The van der Waals surface area contributed by atoms with E-state index in [0.717, 1.165) is 17.7 Å². The summed E-state index contributed by atoms with van der Waals surface area (Å²) in [6.07, 6.45) is -2.76. The normalized spacial score (nSPS) is 15.6. The lowest BCUT2D eigenvalue weighted by atomic mass is 10.2. The Labute approximate surface area is 132 Å². The maximum Gasteiger partial charge on any atom is 0.406 e. The number of alkyl halides is 3. The summed E-state index contributed by atoms with van der Waals surface area (Å²) in [7, 11) is 0. The van der Waals surface area contributed by atoms with Crippen molar-refractivity contribution in [3.05, 3.63) is 29.8 Å². The van der Waals surface area contributed by atoms with Crippen LogP contribution in [0.25, 0.3) is 0 Å². The molecule has 1 saturated carbocycles. The van der Waals surface area contributed by atoms with Crippen molar-refractivity contribution < 1.29 is 22.7 Å². The number of rotatable bonds is 6. The molecule has 124 valence electrons. The number of carbonyl (C=O) groups is 1. The van der Waals surface area contributed by atoms with Gasteiger partial charge in [0, 0.05) is 6.04 Å². The smallest absolute Gasteiger partial charge is 0.406 e. The number of hydrogen-bond donors (Lipinski definition) is 0. The predicted molar refractivity (Wildman–Crippen MR) is 76.6 cm³/mol. The van der Waals surface area contributed by atoms with Crippen LogP contribution in [0.2, 0.25) is 0 Å². The first-order chi connectivity index (χ1) is 10.8. The maximum atomic E-state index is 12.7. The fourth-order valence-electron chi connectivity index (χ4n) is 2.37. The third-order valence-electron chi connectivity index (χ3n) is 3.79. The molecule has 1 aromatic carbocycles. The van der Waals surface area contributed by atoms with Crippen molar-refractivity contribution in [3.8, 4) is 11.8 Å². The molecule has 1 unspecified atom stereocenters. The molecule has 0 bridgehead atoms. The van der Waals surface area contributed by atoms with Crippen molar-refractivity contribution in [3.63, 3.8) is 0 Å². The van der Waals surface area contributed by atoms with Crippen molar-refractivity contribution in [1.82, 2.24) is 4.90 Å². The van der Waals surface area contributed by atoms with Crippen LogP contribution >= 0.6 is 0 Å². The van der Waals surface area contributed by atoms with E-state index in [-0.39, 0.29) is 11.7 Å². The van der Waals surface area contributed by atoms with Crippen molar-refractivity contribution in [2.24, 2.45) is 5.92 Å². The second-order valence-corrected chi connectivity index (χ2v) is 5.64. The topological polar surface area (TPSA) is 53.3 Å². The standard InChI is InChI=1S/C16H17F3N2O2/c1-11(13-5-6-13)21(10-16(17,18)19)15(22)9-23-14-4-2-3-12(7-14)8-20/h2-4,7,11,13H,5-6,9-10H2,1H3. The van der Waals surface area contributed by atoms with Crippen LogP contribution in [0, 0.1) is 17.2 Å². The SMILES string of the molecule is CC(C1CC1)N(CC(F)(F)F)C(=O)COc1cccc(C#N)c1. The lowest BCUT2D eigenvalue weighted by Crippen LogP contribution is -2.47. The fraction of sp³-hybridized carbons (Fsp3) is 0.500. The van der Waals surface area contributed by atoms with Gasteiger partial charge in [0.15, 0.2) is 6.61 Å². The van der Waals surface area contributed by atoms with E-state index in [2.05, 4.69) is 0 Å². The van der Waals surface area contributed by atoms with Crippen LogP contribution < -0.4 is 4.74 Å². The fourth-order valence-corrected chi connectivity index (χ4v) is 2.37. The van der Waals surface area contributed by atoms with Gasteiger partial charge in [-0.3, -0.25) is 4.79 Å². The van der Waals surface area contributed by atoms with Crippen molar-refractivity contribution in [1.29, 1.82) is 5.26 Å². The van der Waals surface area contributed by atoms with E-state index in [9.17, 15) is 18.0 Å². The summed E-state index contributed by atoms with van der Waals surface area (Å²) in [4.78, 5) is 13.0. The van der Waals surface area contributed by atoms with E-state index in [0.29, 0.717) is 5.56 Å². The van der Waals surface area contributed by atoms with Gasteiger partial charge in [0.1, 0.15) is 12.3 Å². The summed E-state index contributed by atoms with van der Waals surface area (Å²) in [6, 6.07) is 7.60. The Morgan fingerprint density at radius 2 is 2.17 bits per heavy atom. The van der Waals surface area contributed by atoms with Crippen molar-refractivity contribution in [2.75, 3.05) is 13.2 Å². The Bertz CT molecular complexity index is 606. The van der Waals surface area contributed by atoms with E-state index < -0.39 is 31.3 Å². The molecule has 0 spiro atoms. The quantitative estimate of drug-likeness (QED) is 0.807. The first kappa shape index (κ1) is 17.1. The van der Waals surface area contributed by atoms with Gasteiger partial charge in [-0.05, 0) is 43.9 Å². The Morgan fingerprint density at radius 3 is 2.74 bits per heavy atom. The average molecular weight is 326 g/mol. The third-order valence-corrected chi connectivity index (χ3v) is 3.79. The summed E-state index contributed by atoms with van der Waals surface area (Å²) in [5.74, 6) is -0.296. The van der Waals surface area contributed by atoms with Crippen LogP contribution in [-0.4, -0.2) is 36.2 Å². The van der Waals surface area contributed by atoms with Crippen LogP contribution in [0.15, 0.2) is 24.3 Å². The molecule has 1 aliphatic carbocycles. The zero-order valence-electron chi connectivity index (χ0n) is 12.6. The summed E-state index contributed by atoms with van der Waals surface area (Å²) in [5, 5.41) is 8.79. The number of carbonyl (C=O) groups excluding carboxylic acids is 1. The zero-order valence-corrected chi connectivity index (χ0v) is 12.6. The minimum atomic E-state index is -4.44. The lowest BCUT2D eigenvalue weighted by molar-refractivity contribution is -0.167. The number of hydrogen-bond acceptors (Lipinski definition) is 3. The zero-order chi connectivity index (χ0) is 17.0. The second-order valence-electron chi connectivity index (χ2n) is 5.64. The molecule has 1 aromatic rings. The molecule has 1 atom stereocenters. The monoisotopic (exact) mass is 326 g/mol. The summed E-state index contributed by atoms with van der Waals surface area (Å²) < 4.78 is 43.4. The Kier molecular flexibility index (Phi) is 5.14. The molecule has 23 heavy (non-hydrogen) atoms. The molecule has 0 radical (unpaired) electrons. The van der Waals surface area contributed by atoms with E-state index in [1.807, 2.05) is 6.07 Å². The largest absolute Gasteiger partial charge is 0.484 e. The van der Waals surface area contributed by atoms with E-state index in [4.69, 9.17) is 10.00 Å². The number of nitrogens with zero attached hydrogens (tertiary/aromatic N) is 2. The number of ether oxygens (including phenoxy) is 1. The Morgan fingerprint density at radius 1 is 1.48 bits per heavy atom. The number of amides is 1. The molecule has 0 aliphatic heterocycles. The van der Waals surface area contributed by atoms with Crippen molar-refractivity contribution in [2.45, 2.75) is 32.0 Å². The summed E-state index contributed by atoms with van der Waals surface area (Å²) >= 11 is 0. The van der Waals surface area contributed by atoms with Crippen LogP contribution in [0.5, 0.6) is 5.75 Å². The molecular weight excluding hydrogens is 309 g/mol. The predicted octanol–water partition coefficient (Wildman–Crippen LogP) is 3.13. The highest BCUT2D eigenvalue weighted by Crippen LogP contribution is 2.36. The van der Waals surface area contributed by atoms with Gasteiger partial charge in [-0.15, -0.1) is 0 Å². The highest BCUT2D eigenvalue weighted by atomic mass is 19.4. The molecule has 0 aromatic heterocycles. The number of benzene rings is 1. The Balaban J connectivity index is 2.00. The van der Waals surface area contributed by atoms with Gasteiger partial charge in [-0.25, -0.2) is 0 Å². The van der Waals surface area contributed by atoms with E-state index in [1.54, 1.807) is 25.1 Å². The molecule has 1 aliphatic rings. The molecule has 0 heterocycles. The summed E-state index contributed by atoms with van der Waals surface area (Å²) in [6.45, 7) is -0.120. The minimum Gasteiger partial charge on any atom is -0.484 e. The van der Waals surface area contributed by atoms with Gasteiger partial charge in [0.25, 0.3) is 5.91 Å². The molecular formula is C16H17F3N2O2. The van der Waals surface area contributed by atoms with Gasteiger partial charge in [0.05, 0.1) is 11.6 Å². The van der Waals surface area contributed by atoms with Crippen molar-refractivity contribution >= 4 is 5.91 Å². The van der Waals surface area contributed by atoms with E-state index >= 15 is 0 Å². The number of halogens is 3. The highest BCUT2D eigenvalue weighted by molar-refractivity contribution is 5.78. The summed E-state index contributed by atoms with van der Waals surface area (Å²) in [5.41, 5.74) is 0.355. The van der Waals surface area contributed by atoms with Crippen LogP contribution in [0.3, 0.4) is 0 Å². The molecule has 1 fully saturated rings. The number of nitriles is 1. The highest BCUT2D eigenvalue weighted by Gasteiger charge is 2.40. The molecule has 0 N–H and O–H groups in total. The average Bonchev–Trinajstić information content (AvgIpc) is 3.33. The Hall–Kier alpha value is -2.23. The second kappa shape index (κ2) is 6.90. The van der Waals surface area contributed by atoms with Gasteiger partial charge in [0.2, 0.25) is 0 Å². The van der Waals surface area contributed by atoms with Gasteiger partial charge < -0.3 is 9.64 Å². The third kappa shape index (κ3) is 5.16. The molecule has 4 nitrogen and oxygen atoms in total. The van der Waals surface area contributed by atoms with Crippen LogP contribution in [0.1, 0.15) is 25.3 Å². The molecule has 1 amide bonds. The molecule has 2 rings (SSSR count). The van der Waals surface area contributed by atoms with E-state index in [1.165, 1.54) is 6.07 Å². The van der Waals surface area contributed by atoms with Crippen LogP contribution in [0.4, 0.5) is 13.2 Å². The van der Waals surface area contributed by atoms with Gasteiger partial charge >= 0.3 is 6.18 Å². The first-order valence-electron chi connectivity index (χ1n) is 7.29. The minimum absolute atomic E-state index is 0.128. The first-order valence-corrected chi connectivity index (χ1v) is 7.29. The lowest BCUT2D eigenvalue weighted by Gasteiger charge is -2.30. The maximum absolute atomic E-state index is 12.7. The van der Waals surface area contributed by atoms with Gasteiger partial charge in [-0.2, -0.15) is 18.4 Å².